The van der Waals surface area contributed by atoms with Gasteiger partial charge in [0.05, 0.1) is 30.9 Å². The molecule has 0 atom stereocenters. The number of H-pyrrole nitrogens is 1. The first kappa shape index (κ1) is 18.2. The molecule has 0 aliphatic rings. The fraction of sp³-hybridized carbons (Fsp3) is 0.250. The zero-order chi connectivity index (χ0) is 18.7. The number of nitrogens with one attached hydrogen (secondary N) is 1. The highest BCUT2D eigenvalue weighted by Gasteiger charge is 2.32. The number of imidazole rings is 1. The number of fused-ring (bicyclic) bond motifs is 1. The van der Waals surface area contributed by atoms with Crippen molar-refractivity contribution in [1.82, 2.24) is 15.0 Å². The number of aromatic amines is 1. The maximum absolute atomic E-state index is 12.5. The molecular formula is C16H14F3N3O3S. The van der Waals surface area contributed by atoms with E-state index >= 15 is 0 Å². The van der Waals surface area contributed by atoms with Crippen LogP contribution < -0.4 is 14.2 Å². The molecule has 26 heavy (non-hydrogen) atoms. The number of benzene rings is 1. The van der Waals surface area contributed by atoms with Crippen molar-refractivity contribution in [2.24, 2.45) is 0 Å². The number of alkyl halides is 3. The maximum Gasteiger partial charge on any atom is 0.573 e. The zero-order valence-electron chi connectivity index (χ0n) is 13.8. The van der Waals surface area contributed by atoms with Gasteiger partial charge in [0.15, 0.2) is 16.7 Å². The molecule has 2 aromatic heterocycles. The van der Waals surface area contributed by atoms with Crippen LogP contribution in [0.5, 0.6) is 17.2 Å². The van der Waals surface area contributed by atoms with E-state index in [1.807, 2.05) is 0 Å². The van der Waals surface area contributed by atoms with Crippen molar-refractivity contribution in [2.75, 3.05) is 14.2 Å². The Labute approximate surface area is 150 Å². The zero-order valence-corrected chi connectivity index (χ0v) is 14.6. The van der Waals surface area contributed by atoms with Crippen LogP contribution in [-0.2, 0) is 5.75 Å². The van der Waals surface area contributed by atoms with Crippen molar-refractivity contribution in [3.63, 3.8) is 0 Å². The Kier molecular flexibility index (Phi) is 5.12. The number of ether oxygens (including phenoxy) is 3. The molecule has 3 rings (SSSR count). The number of hydrogen-bond acceptors (Lipinski definition) is 6. The lowest BCUT2D eigenvalue weighted by Crippen LogP contribution is -2.17. The summed E-state index contributed by atoms with van der Waals surface area (Å²) in [6.45, 7) is 0. The summed E-state index contributed by atoms with van der Waals surface area (Å²) in [5.74, 6) is 0.730. The van der Waals surface area contributed by atoms with Crippen molar-refractivity contribution < 1.29 is 27.4 Å². The number of pyridine rings is 1. The topological polar surface area (TPSA) is 69.3 Å². The van der Waals surface area contributed by atoms with Gasteiger partial charge >= 0.3 is 6.36 Å². The van der Waals surface area contributed by atoms with Crippen LogP contribution in [0.2, 0.25) is 0 Å². The normalized spacial score (nSPS) is 11.6. The monoisotopic (exact) mass is 385 g/mol. The summed E-state index contributed by atoms with van der Waals surface area (Å²) in [5.41, 5.74) is 1.66. The summed E-state index contributed by atoms with van der Waals surface area (Å²) < 4.78 is 51.6. The smallest absolute Gasteiger partial charge is 0.497 e. The summed E-state index contributed by atoms with van der Waals surface area (Å²) in [4.78, 5) is 11.5. The number of thioether (sulfide) groups is 1. The molecule has 0 spiro atoms. The van der Waals surface area contributed by atoms with Crippen LogP contribution in [-0.4, -0.2) is 35.5 Å². The third kappa shape index (κ3) is 4.31. The highest BCUT2D eigenvalue weighted by atomic mass is 32.2. The van der Waals surface area contributed by atoms with Gasteiger partial charge in [-0.3, -0.25) is 4.98 Å². The average Bonchev–Trinajstić information content (AvgIpc) is 2.99. The molecule has 1 aromatic carbocycles. The second-order valence-electron chi connectivity index (χ2n) is 5.09. The molecule has 6 nitrogen and oxygen atoms in total. The number of rotatable bonds is 6. The van der Waals surface area contributed by atoms with Crippen LogP contribution in [0.3, 0.4) is 0 Å². The lowest BCUT2D eigenvalue weighted by Gasteiger charge is -2.12. The minimum Gasteiger partial charge on any atom is -0.497 e. The van der Waals surface area contributed by atoms with E-state index in [0.29, 0.717) is 27.7 Å². The maximum atomic E-state index is 12.5. The Morgan fingerprint density at radius 3 is 2.62 bits per heavy atom. The Hall–Kier alpha value is -2.62. The van der Waals surface area contributed by atoms with E-state index in [1.54, 1.807) is 25.4 Å². The predicted molar refractivity (Wildman–Crippen MR) is 89.7 cm³/mol. The van der Waals surface area contributed by atoms with Crippen LogP contribution in [0, 0.1) is 0 Å². The van der Waals surface area contributed by atoms with E-state index < -0.39 is 12.1 Å². The molecular weight excluding hydrogens is 371 g/mol. The molecule has 0 saturated heterocycles. The average molecular weight is 385 g/mol. The van der Waals surface area contributed by atoms with Gasteiger partial charge in [0.25, 0.3) is 0 Å². The van der Waals surface area contributed by atoms with Crippen molar-refractivity contribution in [3.8, 4) is 17.2 Å². The molecule has 0 bridgehead atoms. The predicted octanol–water partition coefficient (Wildman–Crippen LogP) is 4.17. The summed E-state index contributed by atoms with van der Waals surface area (Å²) >= 11 is 1.36. The van der Waals surface area contributed by atoms with Gasteiger partial charge in [-0.2, -0.15) is 0 Å². The van der Waals surface area contributed by atoms with Gasteiger partial charge in [-0.15, -0.1) is 13.2 Å². The van der Waals surface area contributed by atoms with E-state index in [4.69, 9.17) is 9.47 Å². The molecule has 2 heterocycles. The molecule has 0 saturated carbocycles. The third-order valence-electron chi connectivity index (χ3n) is 3.35. The lowest BCUT2D eigenvalue weighted by atomic mass is 10.3. The van der Waals surface area contributed by atoms with E-state index in [-0.39, 0.29) is 5.75 Å². The molecule has 3 aromatic rings. The van der Waals surface area contributed by atoms with Gasteiger partial charge in [-0.1, -0.05) is 11.8 Å². The molecule has 0 aliphatic carbocycles. The molecule has 0 fully saturated rings. The molecule has 138 valence electrons. The number of halogens is 3. The first-order chi connectivity index (χ1) is 12.4. The summed E-state index contributed by atoms with van der Waals surface area (Å²) in [5, 5.41) is 0.538. The lowest BCUT2D eigenvalue weighted by molar-refractivity contribution is -0.275. The Balaban J connectivity index is 1.82. The van der Waals surface area contributed by atoms with Crippen molar-refractivity contribution in [3.05, 3.63) is 36.2 Å². The van der Waals surface area contributed by atoms with Crippen LogP contribution >= 0.6 is 11.8 Å². The number of hydrogen-bond donors (Lipinski definition) is 1. The Morgan fingerprint density at radius 1 is 1.12 bits per heavy atom. The molecule has 10 heteroatoms. The Morgan fingerprint density at radius 2 is 1.92 bits per heavy atom. The van der Waals surface area contributed by atoms with Crippen molar-refractivity contribution in [1.29, 1.82) is 0 Å². The Bertz CT molecular complexity index is 915. The van der Waals surface area contributed by atoms with Gasteiger partial charge in [-0.25, -0.2) is 4.98 Å². The van der Waals surface area contributed by atoms with Crippen LogP contribution in [0.1, 0.15) is 5.69 Å². The van der Waals surface area contributed by atoms with E-state index in [1.165, 1.54) is 31.0 Å². The summed E-state index contributed by atoms with van der Waals surface area (Å²) in [6.07, 6.45) is -3.17. The number of methoxy groups -OCH3 is 2. The van der Waals surface area contributed by atoms with Gasteiger partial charge in [-0.05, 0) is 6.07 Å². The standard InChI is InChI=1S/C16H14F3N3O3S/c1-23-10-3-4-20-9(5-10)8-26-15-21-11-6-13(24-2)14(7-12(11)22-15)25-16(17,18)19/h3-7H,8H2,1-2H3,(H,21,22). The first-order valence-corrected chi connectivity index (χ1v) is 8.31. The molecule has 0 amide bonds. The van der Waals surface area contributed by atoms with Crippen LogP contribution in [0.4, 0.5) is 13.2 Å². The fourth-order valence-electron chi connectivity index (χ4n) is 2.23. The molecule has 0 unspecified atom stereocenters. The largest absolute Gasteiger partial charge is 0.573 e. The highest BCUT2D eigenvalue weighted by Crippen LogP contribution is 2.36. The molecule has 0 aliphatic heterocycles. The quantitative estimate of drug-likeness (QED) is 0.643. The summed E-state index contributed by atoms with van der Waals surface area (Å²) in [6, 6.07) is 6.14. The fourth-order valence-corrected chi connectivity index (χ4v) is 3.02. The van der Waals surface area contributed by atoms with Crippen LogP contribution in [0.25, 0.3) is 11.0 Å². The van der Waals surface area contributed by atoms with Crippen LogP contribution in [0.15, 0.2) is 35.6 Å². The third-order valence-corrected chi connectivity index (χ3v) is 4.26. The molecule has 0 radical (unpaired) electrons. The van der Waals surface area contributed by atoms with Crippen molar-refractivity contribution >= 4 is 22.8 Å². The molecule has 1 N–H and O–H groups in total. The second kappa shape index (κ2) is 7.32. The number of aromatic nitrogens is 3. The van der Waals surface area contributed by atoms with Gasteiger partial charge in [0.1, 0.15) is 5.75 Å². The SMILES string of the molecule is COc1ccnc(CSc2nc3cc(OC)c(OC(F)(F)F)cc3[nH]2)c1. The van der Waals surface area contributed by atoms with E-state index in [0.717, 1.165) is 5.69 Å². The first-order valence-electron chi connectivity index (χ1n) is 7.33. The van der Waals surface area contributed by atoms with E-state index in [2.05, 4.69) is 19.7 Å². The minimum absolute atomic E-state index is 0.0488. The highest BCUT2D eigenvalue weighted by molar-refractivity contribution is 7.98. The van der Waals surface area contributed by atoms with Gasteiger partial charge in [0, 0.05) is 30.1 Å². The van der Waals surface area contributed by atoms with E-state index in [9.17, 15) is 13.2 Å². The summed E-state index contributed by atoms with van der Waals surface area (Å²) in [7, 11) is 2.83. The second-order valence-corrected chi connectivity index (χ2v) is 6.05. The number of nitrogens with zero attached hydrogens (tertiary/aromatic N) is 2. The minimum atomic E-state index is -4.81. The van der Waals surface area contributed by atoms with Gasteiger partial charge in [0.2, 0.25) is 0 Å². The van der Waals surface area contributed by atoms with Crippen molar-refractivity contribution in [2.45, 2.75) is 17.3 Å². The van der Waals surface area contributed by atoms with Gasteiger partial charge < -0.3 is 19.2 Å².